The van der Waals surface area contributed by atoms with E-state index in [0.29, 0.717) is 25.3 Å². The Morgan fingerprint density at radius 1 is 0.962 bits per heavy atom. The van der Waals surface area contributed by atoms with Crippen LogP contribution in [0.25, 0.3) is 6.08 Å². The van der Waals surface area contributed by atoms with Gasteiger partial charge < -0.3 is 0 Å². The first-order chi connectivity index (χ1) is 12.6. The molecule has 0 spiro atoms. The zero-order valence-electron chi connectivity index (χ0n) is 14.9. The standard InChI is InChI=1S/C20H23ClN2O3/c1-2-3-14-22-18(24)17(12-7-11-16-9-5-4-6-10-16)19(25)23(20(22)26)15-8-13-21/h4-7,9-12H,2-3,8,13-15H2,1H3. The Hall–Kier alpha value is -2.40. The van der Waals surface area contributed by atoms with Crippen molar-refractivity contribution >= 4 is 35.5 Å². The highest BCUT2D eigenvalue weighted by Gasteiger charge is 2.40. The Kier molecular flexibility index (Phi) is 7.60. The summed E-state index contributed by atoms with van der Waals surface area (Å²) in [5.41, 5.74) is 0.959. The maximum atomic E-state index is 12.6. The molecule has 0 aliphatic carbocycles. The number of urea groups is 1. The molecule has 2 rings (SSSR count). The lowest BCUT2D eigenvalue weighted by molar-refractivity contribution is -0.135. The van der Waals surface area contributed by atoms with E-state index in [2.05, 4.69) is 0 Å². The van der Waals surface area contributed by atoms with E-state index >= 15 is 0 Å². The molecule has 0 saturated carbocycles. The van der Waals surface area contributed by atoms with Gasteiger partial charge in [-0.1, -0.05) is 55.8 Å². The lowest BCUT2D eigenvalue weighted by Gasteiger charge is -2.33. The molecule has 1 heterocycles. The van der Waals surface area contributed by atoms with Gasteiger partial charge in [0.15, 0.2) is 0 Å². The van der Waals surface area contributed by atoms with Crippen LogP contribution in [0.4, 0.5) is 4.79 Å². The fourth-order valence-electron chi connectivity index (χ4n) is 2.59. The summed E-state index contributed by atoms with van der Waals surface area (Å²) in [6.07, 6.45) is 6.98. The molecule has 1 aromatic carbocycles. The van der Waals surface area contributed by atoms with E-state index < -0.39 is 17.8 Å². The van der Waals surface area contributed by atoms with Crippen molar-refractivity contribution in [1.29, 1.82) is 0 Å². The van der Waals surface area contributed by atoms with Crippen molar-refractivity contribution in [2.75, 3.05) is 19.0 Å². The Bertz CT molecular complexity index is 681. The summed E-state index contributed by atoms with van der Waals surface area (Å²) in [6, 6.07) is 9.01. The number of benzene rings is 1. The summed E-state index contributed by atoms with van der Waals surface area (Å²) in [5, 5.41) is 0. The molecule has 4 amide bonds. The van der Waals surface area contributed by atoms with E-state index in [1.807, 2.05) is 43.3 Å². The van der Waals surface area contributed by atoms with Gasteiger partial charge in [-0.15, -0.1) is 11.6 Å². The number of halogens is 1. The SMILES string of the molecule is CCCCN1C(=O)C(=CC=Cc2ccccc2)C(=O)N(CCCCl)C1=O. The van der Waals surface area contributed by atoms with Gasteiger partial charge in [-0.05, 0) is 24.5 Å². The van der Waals surface area contributed by atoms with Gasteiger partial charge in [0.25, 0.3) is 11.8 Å². The number of rotatable bonds is 8. The second-order valence-corrected chi connectivity index (χ2v) is 6.32. The quantitative estimate of drug-likeness (QED) is 0.394. The van der Waals surface area contributed by atoms with E-state index in [9.17, 15) is 14.4 Å². The van der Waals surface area contributed by atoms with Crippen LogP contribution in [0.15, 0.2) is 48.1 Å². The predicted molar refractivity (Wildman–Crippen MR) is 103 cm³/mol. The molecule has 6 heteroatoms. The number of unbranched alkanes of at least 4 members (excludes halogenated alkanes) is 1. The normalized spacial score (nSPS) is 17.0. The minimum Gasteiger partial charge on any atom is -0.268 e. The topological polar surface area (TPSA) is 57.7 Å². The number of hydrogen-bond donors (Lipinski definition) is 0. The molecule has 138 valence electrons. The molecule has 0 atom stereocenters. The maximum Gasteiger partial charge on any atom is 0.333 e. The number of nitrogens with zero attached hydrogens (tertiary/aromatic N) is 2. The van der Waals surface area contributed by atoms with Gasteiger partial charge in [-0.3, -0.25) is 19.4 Å². The van der Waals surface area contributed by atoms with Crippen molar-refractivity contribution < 1.29 is 14.4 Å². The Morgan fingerprint density at radius 2 is 1.58 bits per heavy atom. The van der Waals surface area contributed by atoms with E-state index in [1.165, 1.54) is 6.08 Å². The molecule has 1 saturated heterocycles. The molecule has 0 unspecified atom stereocenters. The molecule has 0 radical (unpaired) electrons. The second-order valence-electron chi connectivity index (χ2n) is 5.94. The fraction of sp³-hybridized carbons (Fsp3) is 0.350. The molecule has 5 nitrogen and oxygen atoms in total. The van der Waals surface area contributed by atoms with Crippen LogP contribution in [-0.2, 0) is 9.59 Å². The molecule has 1 aromatic rings. The van der Waals surface area contributed by atoms with Crippen molar-refractivity contribution in [3.05, 3.63) is 53.6 Å². The maximum absolute atomic E-state index is 12.6. The van der Waals surface area contributed by atoms with Crippen LogP contribution in [0.5, 0.6) is 0 Å². The third-order valence-electron chi connectivity index (χ3n) is 4.01. The monoisotopic (exact) mass is 374 g/mol. The molecule has 0 N–H and O–H groups in total. The smallest absolute Gasteiger partial charge is 0.268 e. The van der Waals surface area contributed by atoms with Gasteiger partial charge in [-0.2, -0.15) is 0 Å². The molecule has 26 heavy (non-hydrogen) atoms. The summed E-state index contributed by atoms with van der Waals surface area (Å²) in [7, 11) is 0. The highest BCUT2D eigenvalue weighted by Crippen LogP contribution is 2.19. The van der Waals surface area contributed by atoms with Crippen LogP contribution >= 0.6 is 11.6 Å². The van der Waals surface area contributed by atoms with Crippen LogP contribution in [0.1, 0.15) is 31.7 Å². The second kappa shape index (κ2) is 9.92. The number of carbonyl (C=O) groups is 3. The van der Waals surface area contributed by atoms with Crippen molar-refractivity contribution in [1.82, 2.24) is 9.80 Å². The highest BCUT2D eigenvalue weighted by molar-refractivity contribution is 6.28. The number of carbonyl (C=O) groups excluding carboxylic acids is 3. The molecule has 1 aliphatic rings. The summed E-state index contributed by atoms with van der Waals surface area (Å²) >= 11 is 5.70. The Labute approximate surface area is 158 Å². The number of allylic oxidation sites excluding steroid dienone is 2. The molecule has 1 aliphatic heterocycles. The molecular formula is C20H23ClN2O3. The third kappa shape index (κ3) is 4.82. The van der Waals surface area contributed by atoms with E-state index in [1.54, 1.807) is 6.08 Å². The third-order valence-corrected chi connectivity index (χ3v) is 4.28. The van der Waals surface area contributed by atoms with E-state index in [-0.39, 0.29) is 12.1 Å². The van der Waals surface area contributed by atoms with Crippen LogP contribution in [0, 0.1) is 0 Å². The van der Waals surface area contributed by atoms with E-state index in [4.69, 9.17) is 11.6 Å². The molecule has 0 aromatic heterocycles. The van der Waals surface area contributed by atoms with Gasteiger partial charge in [0.2, 0.25) is 0 Å². The van der Waals surface area contributed by atoms with E-state index in [0.717, 1.165) is 21.8 Å². The fourth-order valence-corrected chi connectivity index (χ4v) is 2.71. The summed E-state index contributed by atoms with van der Waals surface area (Å²) < 4.78 is 0. The van der Waals surface area contributed by atoms with Crippen molar-refractivity contribution in [3.8, 4) is 0 Å². The van der Waals surface area contributed by atoms with Gasteiger partial charge in [-0.25, -0.2) is 4.79 Å². The predicted octanol–water partition coefficient (Wildman–Crippen LogP) is 3.85. The number of alkyl halides is 1. The average Bonchev–Trinajstić information content (AvgIpc) is 2.65. The van der Waals surface area contributed by atoms with Crippen LogP contribution in [0.2, 0.25) is 0 Å². The van der Waals surface area contributed by atoms with Gasteiger partial charge in [0.1, 0.15) is 5.57 Å². The molecule has 1 fully saturated rings. The zero-order chi connectivity index (χ0) is 18.9. The molecule has 0 bridgehead atoms. The van der Waals surface area contributed by atoms with Crippen molar-refractivity contribution in [2.45, 2.75) is 26.2 Å². The van der Waals surface area contributed by atoms with Crippen LogP contribution in [0.3, 0.4) is 0 Å². The summed E-state index contributed by atoms with van der Waals surface area (Å²) in [6.45, 7) is 2.49. The number of barbiturate groups is 1. The first-order valence-corrected chi connectivity index (χ1v) is 9.30. The lowest BCUT2D eigenvalue weighted by atomic mass is 10.1. The van der Waals surface area contributed by atoms with Crippen LogP contribution < -0.4 is 0 Å². The Morgan fingerprint density at radius 3 is 2.15 bits per heavy atom. The van der Waals surface area contributed by atoms with Gasteiger partial charge in [0.05, 0.1) is 0 Å². The number of hydrogen-bond acceptors (Lipinski definition) is 3. The Balaban J connectivity index is 2.27. The van der Waals surface area contributed by atoms with Gasteiger partial charge >= 0.3 is 6.03 Å². The first kappa shape index (κ1) is 19.9. The number of amides is 4. The first-order valence-electron chi connectivity index (χ1n) is 8.77. The zero-order valence-corrected chi connectivity index (χ0v) is 15.6. The number of imide groups is 2. The minimum atomic E-state index is -0.560. The highest BCUT2D eigenvalue weighted by atomic mass is 35.5. The summed E-state index contributed by atoms with van der Waals surface area (Å²) in [5.74, 6) is -0.753. The lowest BCUT2D eigenvalue weighted by Crippen LogP contribution is -2.56. The molecular weight excluding hydrogens is 352 g/mol. The average molecular weight is 375 g/mol. The van der Waals surface area contributed by atoms with Crippen molar-refractivity contribution in [2.24, 2.45) is 0 Å². The minimum absolute atomic E-state index is 0.00227. The largest absolute Gasteiger partial charge is 0.333 e. The summed E-state index contributed by atoms with van der Waals surface area (Å²) in [4.78, 5) is 40.1. The van der Waals surface area contributed by atoms with Crippen molar-refractivity contribution in [3.63, 3.8) is 0 Å². The van der Waals surface area contributed by atoms with Crippen LogP contribution in [-0.4, -0.2) is 46.6 Å². The van der Waals surface area contributed by atoms with Gasteiger partial charge in [0, 0.05) is 19.0 Å².